The SMILES string of the molecule is CC1(C(=O)O)CC=CC=C1Nc1cc(Cl)c(OCCCCCCCOc2c(Cl)cc(Nc3ccccc3C(=O)O)cc2Cl)c(Cl)c1. The molecule has 12 heteroatoms. The fourth-order valence-electron chi connectivity index (χ4n) is 4.86. The van der Waals surface area contributed by atoms with Gasteiger partial charge in [-0.3, -0.25) is 4.79 Å². The number of anilines is 3. The number of carboxylic acid groups (broad SMARTS) is 2. The molecule has 1 aliphatic carbocycles. The summed E-state index contributed by atoms with van der Waals surface area (Å²) in [7, 11) is 0. The summed E-state index contributed by atoms with van der Waals surface area (Å²) in [4.78, 5) is 23.3. The average molecular weight is 708 g/mol. The minimum atomic E-state index is -1.07. The Morgan fingerprint density at radius 2 is 1.28 bits per heavy atom. The summed E-state index contributed by atoms with van der Waals surface area (Å²) in [5.41, 5.74) is 1.16. The van der Waals surface area contributed by atoms with Crippen LogP contribution in [-0.2, 0) is 4.79 Å². The van der Waals surface area contributed by atoms with Crippen molar-refractivity contribution in [2.45, 2.75) is 45.4 Å². The van der Waals surface area contributed by atoms with E-state index in [1.807, 2.05) is 12.2 Å². The number of para-hydroxylation sites is 1. The molecule has 4 N–H and O–H groups in total. The van der Waals surface area contributed by atoms with E-state index in [9.17, 15) is 19.8 Å². The lowest BCUT2D eigenvalue weighted by atomic mass is 9.80. The molecule has 3 aromatic carbocycles. The van der Waals surface area contributed by atoms with Gasteiger partial charge in [-0.05, 0) is 68.7 Å². The first-order valence-electron chi connectivity index (χ1n) is 14.7. The van der Waals surface area contributed by atoms with Gasteiger partial charge in [-0.25, -0.2) is 4.79 Å². The molecule has 0 fully saturated rings. The van der Waals surface area contributed by atoms with Crippen molar-refractivity contribution in [2.75, 3.05) is 23.8 Å². The minimum Gasteiger partial charge on any atom is -0.490 e. The third-order valence-corrected chi connectivity index (χ3v) is 8.61. The van der Waals surface area contributed by atoms with Crippen LogP contribution in [0.4, 0.5) is 17.1 Å². The molecule has 0 saturated heterocycles. The van der Waals surface area contributed by atoms with Gasteiger partial charge in [-0.1, -0.05) is 90.0 Å². The molecule has 1 atom stereocenters. The second-order valence-corrected chi connectivity index (χ2v) is 12.6. The number of hydrogen-bond acceptors (Lipinski definition) is 6. The standard InChI is InChI=1S/C34H34Cl4N2O6/c1-34(33(43)44)14-8-7-13-29(34)40-22-19-26(37)31(27(38)20-22)46-16-10-4-2-3-9-15-45-30-24(35)17-21(18-25(30)36)39-28-12-6-5-11-23(28)32(41)42/h5-8,11-13,17-20,39-40H,2-4,9-10,14-16H2,1H3,(H,41,42)(H,43,44). The molecular formula is C34H34Cl4N2O6. The lowest BCUT2D eigenvalue weighted by Crippen LogP contribution is -2.33. The van der Waals surface area contributed by atoms with Crippen LogP contribution in [0.3, 0.4) is 0 Å². The van der Waals surface area contributed by atoms with Crippen molar-refractivity contribution in [1.82, 2.24) is 0 Å². The van der Waals surface area contributed by atoms with Crippen molar-refractivity contribution in [3.8, 4) is 11.5 Å². The van der Waals surface area contributed by atoms with Gasteiger partial charge < -0.3 is 30.3 Å². The van der Waals surface area contributed by atoms with Crippen molar-refractivity contribution >= 4 is 75.4 Å². The van der Waals surface area contributed by atoms with E-state index in [0.717, 1.165) is 32.1 Å². The third kappa shape index (κ3) is 9.04. The minimum absolute atomic E-state index is 0.134. The van der Waals surface area contributed by atoms with Crippen LogP contribution in [0.15, 0.2) is 72.5 Å². The number of allylic oxidation sites excluding steroid dienone is 3. The normalized spacial score (nSPS) is 15.6. The highest BCUT2D eigenvalue weighted by atomic mass is 35.5. The molecule has 0 heterocycles. The van der Waals surface area contributed by atoms with Gasteiger partial charge in [0.15, 0.2) is 11.5 Å². The van der Waals surface area contributed by atoms with E-state index in [0.29, 0.717) is 74.0 Å². The van der Waals surface area contributed by atoms with Gasteiger partial charge in [0, 0.05) is 17.1 Å². The van der Waals surface area contributed by atoms with Crippen molar-refractivity contribution in [1.29, 1.82) is 0 Å². The number of carbonyl (C=O) groups is 2. The molecule has 0 bridgehead atoms. The molecule has 3 aromatic rings. The van der Waals surface area contributed by atoms with E-state index < -0.39 is 17.4 Å². The van der Waals surface area contributed by atoms with Crippen LogP contribution in [0.2, 0.25) is 20.1 Å². The highest BCUT2D eigenvalue weighted by Gasteiger charge is 2.37. The number of halogens is 4. The average Bonchev–Trinajstić information content (AvgIpc) is 2.99. The molecule has 0 aromatic heterocycles. The third-order valence-electron chi connectivity index (χ3n) is 7.49. The van der Waals surface area contributed by atoms with Crippen molar-refractivity contribution < 1.29 is 29.3 Å². The van der Waals surface area contributed by atoms with Gasteiger partial charge >= 0.3 is 11.9 Å². The predicted octanol–water partition coefficient (Wildman–Crippen LogP) is 10.5. The fourth-order valence-corrected chi connectivity index (χ4v) is 6.05. The topological polar surface area (TPSA) is 117 Å². The summed E-state index contributed by atoms with van der Waals surface area (Å²) in [5.74, 6) is -1.19. The molecule has 0 spiro atoms. The predicted molar refractivity (Wildman–Crippen MR) is 185 cm³/mol. The maximum absolute atomic E-state index is 11.9. The number of hydrogen-bond donors (Lipinski definition) is 4. The molecule has 0 amide bonds. The Morgan fingerprint density at radius 1 is 0.783 bits per heavy atom. The molecule has 8 nitrogen and oxygen atoms in total. The number of nitrogens with one attached hydrogen (secondary N) is 2. The molecular weight excluding hydrogens is 674 g/mol. The summed E-state index contributed by atoms with van der Waals surface area (Å²) < 4.78 is 11.7. The first-order valence-corrected chi connectivity index (χ1v) is 16.2. The van der Waals surface area contributed by atoms with E-state index in [1.54, 1.807) is 55.5 Å². The monoisotopic (exact) mass is 706 g/mol. The van der Waals surface area contributed by atoms with Crippen LogP contribution in [0.1, 0.15) is 55.8 Å². The van der Waals surface area contributed by atoms with Crippen LogP contribution in [0.25, 0.3) is 0 Å². The Kier molecular flexibility index (Phi) is 12.5. The quantitative estimate of drug-likeness (QED) is 0.109. The Hall–Kier alpha value is -3.56. The summed E-state index contributed by atoms with van der Waals surface area (Å²) in [6, 6.07) is 13.2. The van der Waals surface area contributed by atoms with Gasteiger partial charge in [0.1, 0.15) is 5.41 Å². The number of carboxylic acids is 2. The Labute approximate surface area is 287 Å². The maximum atomic E-state index is 11.9. The molecule has 0 saturated carbocycles. The number of aliphatic carboxylic acids is 1. The van der Waals surface area contributed by atoms with E-state index >= 15 is 0 Å². The zero-order valence-electron chi connectivity index (χ0n) is 25.0. The molecule has 244 valence electrons. The van der Waals surface area contributed by atoms with Crippen molar-refractivity contribution in [3.05, 3.63) is 98.1 Å². The fraction of sp³-hybridized carbons (Fsp3) is 0.294. The molecule has 1 aliphatic rings. The number of rotatable bonds is 16. The van der Waals surface area contributed by atoms with Gasteiger partial charge in [-0.2, -0.15) is 0 Å². The van der Waals surface area contributed by atoms with Crippen LogP contribution in [0, 0.1) is 5.41 Å². The summed E-state index contributed by atoms with van der Waals surface area (Å²) >= 11 is 25.8. The van der Waals surface area contributed by atoms with Crippen LogP contribution in [-0.4, -0.2) is 35.4 Å². The van der Waals surface area contributed by atoms with E-state index in [2.05, 4.69) is 10.6 Å². The molecule has 0 aliphatic heterocycles. The number of benzene rings is 3. The van der Waals surface area contributed by atoms with Crippen LogP contribution < -0.4 is 20.1 Å². The lowest BCUT2D eigenvalue weighted by Gasteiger charge is -2.30. The highest BCUT2D eigenvalue weighted by molar-refractivity contribution is 6.38. The first kappa shape index (κ1) is 35.3. The van der Waals surface area contributed by atoms with Crippen LogP contribution in [0.5, 0.6) is 11.5 Å². The van der Waals surface area contributed by atoms with Crippen molar-refractivity contribution in [2.24, 2.45) is 5.41 Å². The van der Waals surface area contributed by atoms with E-state index in [4.69, 9.17) is 55.9 Å². The molecule has 46 heavy (non-hydrogen) atoms. The number of unbranched alkanes of at least 4 members (excludes halogenated alkanes) is 4. The zero-order chi connectivity index (χ0) is 33.3. The second-order valence-electron chi connectivity index (χ2n) is 11.0. The molecule has 1 unspecified atom stereocenters. The molecule has 0 radical (unpaired) electrons. The number of ether oxygens (including phenoxy) is 2. The second kappa shape index (κ2) is 16.3. The smallest absolute Gasteiger partial charge is 0.337 e. The number of aromatic carboxylic acids is 1. The van der Waals surface area contributed by atoms with Crippen LogP contribution >= 0.6 is 46.4 Å². The largest absolute Gasteiger partial charge is 0.490 e. The zero-order valence-corrected chi connectivity index (χ0v) is 28.1. The Bertz CT molecular complexity index is 1600. The van der Waals surface area contributed by atoms with Gasteiger partial charge in [0.2, 0.25) is 0 Å². The summed E-state index contributed by atoms with van der Waals surface area (Å²) in [5, 5.41) is 26.6. The van der Waals surface area contributed by atoms with Gasteiger partial charge in [-0.15, -0.1) is 0 Å². The summed E-state index contributed by atoms with van der Waals surface area (Å²) in [6.07, 6.45) is 10.2. The molecule has 4 rings (SSSR count). The summed E-state index contributed by atoms with van der Waals surface area (Å²) in [6.45, 7) is 2.55. The van der Waals surface area contributed by atoms with Gasteiger partial charge in [0.25, 0.3) is 0 Å². The van der Waals surface area contributed by atoms with Crippen molar-refractivity contribution in [3.63, 3.8) is 0 Å². The van der Waals surface area contributed by atoms with E-state index in [-0.39, 0.29) is 5.56 Å². The maximum Gasteiger partial charge on any atom is 0.337 e. The Balaban J connectivity index is 1.17. The van der Waals surface area contributed by atoms with E-state index in [1.165, 1.54) is 6.07 Å². The first-order chi connectivity index (χ1) is 22.0. The van der Waals surface area contributed by atoms with Gasteiger partial charge in [0.05, 0.1) is 44.6 Å². The highest BCUT2D eigenvalue weighted by Crippen LogP contribution is 2.40. The Morgan fingerprint density at radius 3 is 1.80 bits per heavy atom. The lowest BCUT2D eigenvalue weighted by molar-refractivity contribution is -0.145.